The Balaban J connectivity index is 1.49. The number of hydrogen-bond donors (Lipinski definition) is 3. The third-order valence-corrected chi connectivity index (χ3v) is 5.07. The summed E-state index contributed by atoms with van der Waals surface area (Å²) in [7, 11) is 0. The molecule has 4 aromatic rings. The van der Waals surface area contributed by atoms with Crippen LogP contribution in [0.3, 0.4) is 0 Å². The minimum atomic E-state index is -0.294. The van der Waals surface area contributed by atoms with Gasteiger partial charge in [0.1, 0.15) is 17.0 Å². The van der Waals surface area contributed by atoms with Crippen molar-refractivity contribution in [2.24, 2.45) is 0 Å². The maximum absolute atomic E-state index is 12.2. The first kappa shape index (κ1) is 17.9. The van der Waals surface area contributed by atoms with Crippen molar-refractivity contribution in [3.63, 3.8) is 0 Å². The number of rotatable bonds is 4. The maximum Gasteiger partial charge on any atom is 0.323 e. The number of carbonyl (C=O) groups is 1. The summed E-state index contributed by atoms with van der Waals surface area (Å²) in [4.78, 5) is 21.2. The highest BCUT2D eigenvalue weighted by atomic mass is 32.1. The van der Waals surface area contributed by atoms with Crippen molar-refractivity contribution in [1.82, 2.24) is 14.3 Å². The van der Waals surface area contributed by atoms with Crippen LogP contribution >= 0.6 is 11.5 Å². The second-order valence-corrected chi connectivity index (χ2v) is 6.93. The molecule has 0 radical (unpaired) electrons. The Kier molecular flexibility index (Phi) is 4.86. The van der Waals surface area contributed by atoms with Crippen molar-refractivity contribution in [3.8, 4) is 11.3 Å². The van der Waals surface area contributed by atoms with Gasteiger partial charge >= 0.3 is 6.03 Å². The molecule has 0 aliphatic rings. The van der Waals surface area contributed by atoms with Gasteiger partial charge in [-0.15, -0.1) is 0 Å². The van der Waals surface area contributed by atoms with Gasteiger partial charge in [-0.3, -0.25) is 0 Å². The van der Waals surface area contributed by atoms with Gasteiger partial charge in [0.25, 0.3) is 0 Å². The first-order chi connectivity index (χ1) is 13.6. The normalized spacial score (nSPS) is 10.8. The third kappa shape index (κ3) is 3.63. The Morgan fingerprint density at radius 3 is 2.64 bits per heavy atom. The lowest BCUT2D eigenvalue weighted by atomic mass is 10.1. The van der Waals surface area contributed by atoms with E-state index in [0.29, 0.717) is 11.5 Å². The van der Waals surface area contributed by atoms with Gasteiger partial charge in [-0.1, -0.05) is 31.2 Å². The quantitative estimate of drug-likeness (QED) is 0.474. The monoisotopic (exact) mass is 390 g/mol. The van der Waals surface area contributed by atoms with Crippen molar-refractivity contribution in [1.29, 1.82) is 0 Å². The molecule has 0 spiro atoms. The highest BCUT2D eigenvalue weighted by Crippen LogP contribution is 2.32. The Morgan fingerprint density at radius 2 is 1.86 bits per heavy atom. The SMILES string of the molecule is CCc1cccc(NC(=O)Nc2ccc(-c3nsc4ncnc(N)c34)cc2)c1. The summed E-state index contributed by atoms with van der Waals surface area (Å²) < 4.78 is 4.45. The van der Waals surface area contributed by atoms with E-state index in [4.69, 9.17) is 5.73 Å². The summed E-state index contributed by atoms with van der Waals surface area (Å²) in [5, 5.41) is 6.43. The molecule has 0 saturated carbocycles. The van der Waals surface area contributed by atoms with Crippen molar-refractivity contribution in [2.75, 3.05) is 16.4 Å². The molecular formula is C20H18N6OS. The van der Waals surface area contributed by atoms with E-state index in [-0.39, 0.29) is 6.03 Å². The number of nitrogen functional groups attached to an aromatic ring is 1. The second kappa shape index (κ2) is 7.61. The van der Waals surface area contributed by atoms with E-state index >= 15 is 0 Å². The molecule has 2 amide bonds. The van der Waals surface area contributed by atoms with Crippen LogP contribution in [-0.2, 0) is 6.42 Å². The summed E-state index contributed by atoms with van der Waals surface area (Å²) in [5.74, 6) is 0.407. The molecule has 0 bridgehead atoms. The number of amides is 2. The lowest BCUT2D eigenvalue weighted by molar-refractivity contribution is 0.262. The number of nitrogens with one attached hydrogen (secondary N) is 2. The summed E-state index contributed by atoms with van der Waals surface area (Å²) in [6, 6.07) is 14.9. The Bertz CT molecular complexity index is 1140. The zero-order valence-electron chi connectivity index (χ0n) is 15.1. The molecule has 7 nitrogen and oxygen atoms in total. The number of nitrogens with zero attached hydrogens (tertiary/aromatic N) is 3. The molecule has 0 aliphatic carbocycles. The van der Waals surface area contributed by atoms with E-state index < -0.39 is 0 Å². The lowest BCUT2D eigenvalue weighted by Gasteiger charge is -2.09. The number of urea groups is 1. The molecule has 4 N–H and O–H groups in total. The van der Waals surface area contributed by atoms with Gasteiger partial charge in [0.05, 0.1) is 11.1 Å². The van der Waals surface area contributed by atoms with Crippen LogP contribution in [0.15, 0.2) is 54.9 Å². The number of fused-ring (bicyclic) bond motifs is 1. The maximum atomic E-state index is 12.2. The zero-order valence-corrected chi connectivity index (χ0v) is 16.0. The summed E-state index contributed by atoms with van der Waals surface area (Å²) >= 11 is 1.28. The van der Waals surface area contributed by atoms with E-state index in [9.17, 15) is 4.79 Å². The van der Waals surface area contributed by atoms with Gasteiger partial charge in [0.15, 0.2) is 0 Å². The van der Waals surface area contributed by atoms with Gasteiger partial charge in [-0.2, -0.15) is 4.37 Å². The summed E-state index contributed by atoms with van der Waals surface area (Å²) in [6.07, 6.45) is 2.35. The highest BCUT2D eigenvalue weighted by Gasteiger charge is 2.13. The minimum Gasteiger partial charge on any atom is -0.383 e. The zero-order chi connectivity index (χ0) is 19.5. The Morgan fingerprint density at radius 1 is 1.07 bits per heavy atom. The number of aromatic nitrogens is 3. The molecule has 0 saturated heterocycles. The summed E-state index contributed by atoms with van der Waals surface area (Å²) in [5.41, 5.74) is 10.2. The fourth-order valence-electron chi connectivity index (χ4n) is 2.88. The van der Waals surface area contributed by atoms with E-state index in [0.717, 1.165) is 33.6 Å². The molecule has 2 aromatic heterocycles. The van der Waals surface area contributed by atoms with Crippen LogP contribution < -0.4 is 16.4 Å². The van der Waals surface area contributed by atoms with Gasteiger partial charge in [-0.05, 0) is 47.8 Å². The lowest BCUT2D eigenvalue weighted by Crippen LogP contribution is -2.19. The number of anilines is 3. The van der Waals surface area contributed by atoms with E-state index in [1.54, 1.807) is 0 Å². The van der Waals surface area contributed by atoms with Crippen LogP contribution in [0.5, 0.6) is 0 Å². The Labute approximate surface area is 165 Å². The molecule has 0 unspecified atom stereocenters. The number of carbonyl (C=O) groups excluding carboxylic acids is 1. The van der Waals surface area contributed by atoms with Crippen LogP contribution in [0.1, 0.15) is 12.5 Å². The van der Waals surface area contributed by atoms with Gasteiger partial charge < -0.3 is 16.4 Å². The van der Waals surface area contributed by atoms with Crippen molar-refractivity contribution >= 4 is 45.0 Å². The van der Waals surface area contributed by atoms with Crippen LogP contribution in [0.25, 0.3) is 21.5 Å². The predicted molar refractivity (Wildman–Crippen MR) is 114 cm³/mol. The van der Waals surface area contributed by atoms with E-state index in [1.807, 2.05) is 48.5 Å². The number of benzene rings is 2. The van der Waals surface area contributed by atoms with Crippen LogP contribution in [0.2, 0.25) is 0 Å². The van der Waals surface area contributed by atoms with E-state index in [1.165, 1.54) is 23.4 Å². The van der Waals surface area contributed by atoms with Crippen molar-refractivity contribution in [3.05, 3.63) is 60.4 Å². The number of nitrogens with two attached hydrogens (primary N) is 1. The molecule has 28 heavy (non-hydrogen) atoms. The molecule has 2 heterocycles. The molecule has 0 atom stereocenters. The summed E-state index contributed by atoms with van der Waals surface area (Å²) in [6.45, 7) is 2.08. The van der Waals surface area contributed by atoms with Crippen molar-refractivity contribution in [2.45, 2.75) is 13.3 Å². The van der Waals surface area contributed by atoms with Crippen LogP contribution in [0.4, 0.5) is 22.0 Å². The average molecular weight is 390 g/mol. The van der Waals surface area contributed by atoms with E-state index in [2.05, 4.69) is 31.9 Å². The fourth-order valence-corrected chi connectivity index (χ4v) is 3.64. The second-order valence-electron chi connectivity index (χ2n) is 6.18. The topological polar surface area (TPSA) is 106 Å². The number of aryl methyl sites for hydroxylation is 1. The first-order valence-electron chi connectivity index (χ1n) is 8.77. The molecular weight excluding hydrogens is 372 g/mol. The van der Waals surface area contributed by atoms with Crippen LogP contribution in [-0.4, -0.2) is 20.4 Å². The molecule has 4 rings (SSSR count). The largest absolute Gasteiger partial charge is 0.383 e. The minimum absolute atomic E-state index is 0.294. The van der Waals surface area contributed by atoms with Crippen molar-refractivity contribution < 1.29 is 4.79 Å². The standard InChI is InChI=1S/C20H18N6OS/c1-2-12-4-3-5-15(10-12)25-20(27)24-14-8-6-13(7-9-14)17-16-18(21)22-11-23-19(16)28-26-17/h3-11H,2H2,1H3,(H2,21,22,23)(H2,24,25,27). The van der Waals surface area contributed by atoms with Crippen LogP contribution in [0, 0.1) is 0 Å². The molecule has 2 aromatic carbocycles. The number of hydrogen-bond acceptors (Lipinski definition) is 6. The molecule has 0 aliphatic heterocycles. The predicted octanol–water partition coefficient (Wildman–Crippen LogP) is 4.54. The molecule has 8 heteroatoms. The molecule has 140 valence electrons. The third-order valence-electron chi connectivity index (χ3n) is 4.31. The average Bonchev–Trinajstić information content (AvgIpc) is 3.14. The van der Waals surface area contributed by atoms with Gasteiger partial charge in [0, 0.05) is 16.9 Å². The van der Waals surface area contributed by atoms with Gasteiger partial charge in [0.2, 0.25) is 0 Å². The fraction of sp³-hybridized carbons (Fsp3) is 0.100. The van der Waals surface area contributed by atoms with Gasteiger partial charge in [-0.25, -0.2) is 14.8 Å². The smallest absolute Gasteiger partial charge is 0.323 e. The first-order valence-corrected chi connectivity index (χ1v) is 9.54. The molecule has 0 fully saturated rings. The highest BCUT2D eigenvalue weighted by molar-refractivity contribution is 7.13. The Hall–Kier alpha value is -3.52.